The molecule has 2 aromatic carbocycles. The van der Waals surface area contributed by atoms with E-state index in [2.05, 4.69) is 0 Å². The number of fused-ring (bicyclic) bond motifs is 1. The molecule has 27 heavy (non-hydrogen) atoms. The van der Waals surface area contributed by atoms with E-state index in [1.165, 1.54) is 24.3 Å². The summed E-state index contributed by atoms with van der Waals surface area (Å²) in [5, 5.41) is 11.0. The van der Waals surface area contributed by atoms with Gasteiger partial charge in [-0.3, -0.25) is 9.69 Å². The van der Waals surface area contributed by atoms with Crippen LogP contribution in [0.15, 0.2) is 48.5 Å². The van der Waals surface area contributed by atoms with Crippen molar-refractivity contribution in [2.45, 2.75) is 33.4 Å². The first kappa shape index (κ1) is 18.9. The minimum atomic E-state index is -0.476. The fourth-order valence-corrected chi connectivity index (χ4v) is 4.09. The van der Waals surface area contributed by atoms with E-state index >= 15 is 0 Å². The molecule has 1 aromatic heterocycles. The zero-order valence-corrected chi connectivity index (χ0v) is 16.2. The van der Waals surface area contributed by atoms with Crippen LogP contribution in [-0.4, -0.2) is 23.1 Å². The van der Waals surface area contributed by atoms with E-state index in [-0.39, 0.29) is 17.8 Å². The number of phenolic OH excluding ortho intramolecular Hbond substituents is 1. The molecule has 0 aliphatic heterocycles. The molecule has 0 radical (unpaired) electrons. The number of anilines is 1. The predicted molar refractivity (Wildman–Crippen MR) is 107 cm³/mol. The summed E-state index contributed by atoms with van der Waals surface area (Å²) < 4.78 is 6.14. The van der Waals surface area contributed by atoms with Gasteiger partial charge in [-0.15, -0.1) is 11.3 Å². The SMILES string of the molecule is CC(=O)N(Cc1ccccc1)c1sc2cc(O)ccc2c1C(=O)OC(C)C. The average molecular weight is 383 g/mol. The van der Waals surface area contributed by atoms with Crippen LogP contribution in [-0.2, 0) is 16.1 Å². The Hall–Kier alpha value is -2.86. The molecule has 5 nitrogen and oxygen atoms in total. The van der Waals surface area contributed by atoms with Crippen molar-refractivity contribution in [3.8, 4) is 5.75 Å². The molecular formula is C21H21NO4S. The molecule has 3 rings (SSSR count). The standard InChI is InChI=1S/C21H21NO4S/c1-13(2)26-21(25)19-17-10-9-16(24)11-18(17)27-20(19)22(14(3)23)12-15-7-5-4-6-8-15/h4-11,13,24H,12H2,1-3H3. The highest BCUT2D eigenvalue weighted by atomic mass is 32.1. The van der Waals surface area contributed by atoms with Gasteiger partial charge in [0.05, 0.1) is 12.6 Å². The molecule has 3 aromatic rings. The molecule has 0 bridgehead atoms. The number of benzene rings is 2. The molecule has 0 fully saturated rings. The number of ether oxygens (including phenoxy) is 1. The summed E-state index contributed by atoms with van der Waals surface area (Å²) in [6, 6.07) is 14.4. The number of thiophene rings is 1. The molecule has 0 saturated carbocycles. The van der Waals surface area contributed by atoms with Crippen LogP contribution in [0.2, 0.25) is 0 Å². The lowest BCUT2D eigenvalue weighted by molar-refractivity contribution is -0.116. The molecule has 6 heteroatoms. The van der Waals surface area contributed by atoms with Crippen LogP contribution in [0.25, 0.3) is 10.1 Å². The summed E-state index contributed by atoms with van der Waals surface area (Å²) in [5.74, 6) is -0.541. The van der Waals surface area contributed by atoms with Gasteiger partial charge in [-0.05, 0) is 37.6 Å². The lowest BCUT2D eigenvalue weighted by atomic mass is 10.1. The normalized spacial score (nSPS) is 11.0. The molecule has 0 unspecified atom stereocenters. The van der Waals surface area contributed by atoms with E-state index in [4.69, 9.17) is 4.74 Å². The van der Waals surface area contributed by atoms with Gasteiger partial charge in [-0.1, -0.05) is 30.3 Å². The number of carbonyl (C=O) groups excluding carboxylic acids is 2. The van der Waals surface area contributed by atoms with Crippen LogP contribution < -0.4 is 4.90 Å². The third-order valence-corrected chi connectivity index (χ3v) is 5.19. The Labute approximate surface area is 161 Å². The van der Waals surface area contributed by atoms with Crippen molar-refractivity contribution in [2.24, 2.45) is 0 Å². The largest absolute Gasteiger partial charge is 0.508 e. The fraction of sp³-hybridized carbons (Fsp3) is 0.238. The van der Waals surface area contributed by atoms with Crippen molar-refractivity contribution in [3.05, 3.63) is 59.7 Å². The minimum absolute atomic E-state index is 0.108. The van der Waals surface area contributed by atoms with Gasteiger partial charge in [0.2, 0.25) is 5.91 Å². The summed E-state index contributed by atoms with van der Waals surface area (Å²) in [7, 11) is 0. The number of hydrogen-bond donors (Lipinski definition) is 1. The predicted octanol–water partition coefficient (Wildman–Crippen LogP) is 4.73. The van der Waals surface area contributed by atoms with Crippen LogP contribution in [0.1, 0.15) is 36.7 Å². The van der Waals surface area contributed by atoms with Crippen LogP contribution in [0.5, 0.6) is 5.75 Å². The molecule has 0 saturated heterocycles. The number of rotatable bonds is 5. The van der Waals surface area contributed by atoms with Gasteiger partial charge in [-0.2, -0.15) is 0 Å². The molecule has 0 aliphatic carbocycles. The second-order valence-corrected chi connectivity index (χ2v) is 7.54. The highest BCUT2D eigenvalue weighted by Crippen LogP contribution is 2.41. The van der Waals surface area contributed by atoms with Crippen LogP contribution in [0.4, 0.5) is 5.00 Å². The van der Waals surface area contributed by atoms with Gasteiger partial charge >= 0.3 is 5.97 Å². The Balaban J connectivity index is 2.14. The molecule has 0 aliphatic rings. The number of amides is 1. The van der Waals surface area contributed by atoms with Crippen molar-refractivity contribution >= 4 is 38.3 Å². The molecule has 1 N–H and O–H groups in total. The van der Waals surface area contributed by atoms with Crippen molar-refractivity contribution in [3.63, 3.8) is 0 Å². The van der Waals surface area contributed by atoms with Gasteiger partial charge in [0.15, 0.2) is 0 Å². The number of esters is 1. The molecule has 0 spiro atoms. The monoisotopic (exact) mass is 383 g/mol. The van der Waals surface area contributed by atoms with Crippen molar-refractivity contribution in [1.82, 2.24) is 0 Å². The third kappa shape index (κ3) is 4.11. The third-order valence-electron chi connectivity index (χ3n) is 4.01. The van der Waals surface area contributed by atoms with E-state index in [0.29, 0.717) is 22.5 Å². The second kappa shape index (κ2) is 7.80. The second-order valence-electron chi connectivity index (χ2n) is 6.51. The Morgan fingerprint density at radius 3 is 2.48 bits per heavy atom. The minimum Gasteiger partial charge on any atom is -0.508 e. The molecule has 140 valence electrons. The quantitative estimate of drug-likeness (QED) is 0.647. The Bertz CT molecular complexity index is 979. The molecule has 1 amide bonds. The van der Waals surface area contributed by atoms with E-state index in [9.17, 15) is 14.7 Å². The average Bonchev–Trinajstić information content (AvgIpc) is 2.97. The fourth-order valence-electron chi connectivity index (χ4n) is 2.82. The topological polar surface area (TPSA) is 66.8 Å². The number of phenols is 1. The zero-order valence-electron chi connectivity index (χ0n) is 15.4. The maximum absolute atomic E-state index is 12.8. The van der Waals surface area contributed by atoms with Gasteiger partial charge < -0.3 is 9.84 Å². The van der Waals surface area contributed by atoms with Gasteiger partial charge in [0.25, 0.3) is 0 Å². The first-order valence-corrected chi connectivity index (χ1v) is 9.47. The molecule has 0 atom stereocenters. The summed E-state index contributed by atoms with van der Waals surface area (Å²) in [5.41, 5.74) is 1.31. The first-order valence-electron chi connectivity index (χ1n) is 8.65. The zero-order chi connectivity index (χ0) is 19.6. The van der Waals surface area contributed by atoms with Gasteiger partial charge in [0, 0.05) is 17.0 Å². The van der Waals surface area contributed by atoms with Gasteiger partial charge in [-0.25, -0.2) is 4.79 Å². The highest BCUT2D eigenvalue weighted by molar-refractivity contribution is 7.23. The molecule has 1 heterocycles. The Morgan fingerprint density at radius 2 is 1.85 bits per heavy atom. The summed E-state index contributed by atoms with van der Waals surface area (Å²) in [6.45, 7) is 5.38. The number of nitrogens with zero attached hydrogens (tertiary/aromatic N) is 1. The van der Waals surface area contributed by atoms with Crippen molar-refractivity contribution in [2.75, 3.05) is 4.90 Å². The van der Waals surface area contributed by atoms with Crippen LogP contribution in [0.3, 0.4) is 0 Å². The lowest BCUT2D eigenvalue weighted by Crippen LogP contribution is -2.28. The lowest BCUT2D eigenvalue weighted by Gasteiger charge is -2.21. The number of hydrogen-bond acceptors (Lipinski definition) is 5. The van der Waals surface area contributed by atoms with Gasteiger partial charge in [0.1, 0.15) is 16.3 Å². The maximum Gasteiger partial charge on any atom is 0.342 e. The van der Waals surface area contributed by atoms with Crippen molar-refractivity contribution < 1.29 is 19.4 Å². The van der Waals surface area contributed by atoms with Crippen molar-refractivity contribution in [1.29, 1.82) is 0 Å². The number of carbonyl (C=O) groups is 2. The summed E-state index contributed by atoms with van der Waals surface area (Å²) in [6.07, 6.45) is -0.280. The smallest absolute Gasteiger partial charge is 0.342 e. The number of aromatic hydroxyl groups is 1. The Kier molecular flexibility index (Phi) is 5.46. The summed E-state index contributed by atoms with van der Waals surface area (Å²) in [4.78, 5) is 26.8. The molecular weight excluding hydrogens is 362 g/mol. The van der Waals surface area contributed by atoms with E-state index in [1.807, 2.05) is 30.3 Å². The van der Waals surface area contributed by atoms with Crippen LogP contribution >= 0.6 is 11.3 Å². The maximum atomic E-state index is 12.8. The Morgan fingerprint density at radius 1 is 1.15 bits per heavy atom. The first-order chi connectivity index (χ1) is 12.9. The summed E-state index contributed by atoms with van der Waals surface area (Å²) >= 11 is 1.29. The van der Waals surface area contributed by atoms with E-state index in [0.717, 1.165) is 10.3 Å². The highest BCUT2D eigenvalue weighted by Gasteiger charge is 2.27. The van der Waals surface area contributed by atoms with E-state index < -0.39 is 5.97 Å². The van der Waals surface area contributed by atoms with E-state index in [1.54, 1.807) is 30.9 Å². The van der Waals surface area contributed by atoms with Crippen LogP contribution in [0, 0.1) is 0 Å².